The van der Waals surface area contributed by atoms with Gasteiger partial charge in [-0.25, -0.2) is 17.5 Å². The maximum absolute atomic E-state index is 13.7. The Morgan fingerprint density at radius 2 is 2.10 bits per heavy atom. The number of hydrogen-bond donors (Lipinski definition) is 1. The summed E-state index contributed by atoms with van der Waals surface area (Å²) in [6.45, 7) is 1.67. The number of halogens is 2. The Morgan fingerprint density at radius 3 is 2.70 bits per heavy atom. The maximum Gasteiger partial charge on any atom is 0.244 e. The number of aromatic nitrogens is 1. The highest BCUT2D eigenvalue weighted by atomic mass is 79.9. The van der Waals surface area contributed by atoms with Crippen molar-refractivity contribution >= 4 is 26.0 Å². The molecule has 7 heteroatoms. The first-order chi connectivity index (χ1) is 9.40. The molecule has 1 atom stereocenters. The maximum atomic E-state index is 13.7. The third-order valence-electron chi connectivity index (χ3n) is 2.70. The molecule has 1 aromatic heterocycles. The van der Waals surface area contributed by atoms with E-state index in [1.165, 1.54) is 12.1 Å². The zero-order chi connectivity index (χ0) is 14.8. The van der Waals surface area contributed by atoms with E-state index in [9.17, 15) is 12.8 Å². The first-order valence-electron chi connectivity index (χ1n) is 5.77. The fraction of sp³-hybridized carbons (Fsp3) is 0.154. The summed E-state index contributed by atoms with van der Waals surface area (Å²) in [5.74, 6) is -0.801. The molecular weight excluding hydrogens is 347 g/mol. The monoisotopic (exact) mass is 358 g/mol. The average Bonchev–Trinajstić information content (AvgIpc) is 2.38. The second-order valence-electron chi connectivity index (χ2n) is 4.20. The van der Waals surface area contributed by atoms with Crippen molar-refractivity contribution in [3.05, 3.63) is 58.6 Å². The van der Waals surface area contributed by atoms with Gasteiger partial charge in [-0.15, -0.1) is 0 Å². The Morgan fingerprint density at radius 1 is 1.35 bits per heavy atom. The predicted octanol–water partition coefficient (Wildman–Crippen LogP) is 3.02. The smallest absolute Gasteiger partial charge is 0.244 e. The van der Waals surface area contributed by atoms with Crippen LogP contribution in [-0.2, 0) is 10.0 Å². The standard InChI is InChI=1S/C13H12BrFN2O2S/c1-9(10-3-2-6-16-8-10)17-20(18,19)13-5-4-11(14)7-12(13)15/h2-9,17H,1H3. The summed E-state index contributed by atoms with van der Waals surface area (Å²) in [7, 11) is -3.93. The third-order valence-corrected chi connectivity index (χ3v) is 4.77. The first-order valence-corrected chi connectivity index (χ1v) is 8.05. The van der Waals surface area contributed by atoms with E-state index >= 15 is 0 Å². The summed E-state index contributed by atoms with van der Waals surface area (Å²) >= 11 is 3.09. The van der Waals surface area contributed by atoms with Crippen LogP contribution in [0.25, 0.3) is 0 Å². The molecule has 1 heterocycles. The molecule has 2 aromatic rings. The predicted molar refractivity (Wildman–Crippen MR) is 77.1 cm³/mol. The van der Waals surface area contributed by atoms with Gasteiger partial charge < -0.3 is 0 Å². The topological polar surface area (TPSA) is 59.1 Å². The lowest BCUT2D eigenvalue weighted by Crippen LogP contribution is -2.27. The lowest BCUT2D eigenvalue weighted by molar-refractivity contribution is 0.546. The third kappa shape index (κ3) is 3.41. The molecular formula is C13H12BrFN2O2S. The van der Waals surface area contributed by atoms with Crippen LogP contribution in [-0.4, -0.2) is 13.4 Å². The average molecular weight is 359 g/mol. The molecule has 0 amide bonds. The number of nitrogens with one attached hydrogen (secondary N) is 1. The number of hydrogen-bond acceptors (Lipinski definition) is 3. The molecule has 1 unspecified atom stereocenters. The van der Waals surface area contributed by atoms with E-state index in [2.05, 4.69) is 25.6 Å². The van der Waals surface area contributed by atoms with Crippen LogP contribution in [0, 0.1) is 5.82 Å². The number of nitrogens with zero attached hydrogens (tertiary/aromatic N) is 1. The quantitative estimate of drug-likeness (QED) is 0.913. The summed E-state index contributed by atoms with van der Waals surface area (Å²) in [6.07, 6.45) is 3.16. The van der Waals surface area contributed by atoms with Crippen molar-refractivity contribution in [2.24, 2.45) is 0 Å². The zero-order valence-electron chi connectivity index (χ0n) is 10.5. The first kappa shape index (κ1) is 15.1. The number of benzene rings is 1. The molecule has 106 valence electrons. The summed E-state index contributed by atoms with van der Waals surface area (Å²) in [6, 6.07) is 6.77. The van der Waals surface area contributed by atoms with Crippen molar-refractivity contribution in [1.82, 2.24) is 9.71 Å². The van der Waals surface area contributed by atoms with Crippen LogP contribution in [0.5, 0.6) is 0 Å². The zero-order valence-corrected chi connectivity index (χ0v) is 12.9. The van der Waals surface area contributed by atoms with Crippen LogP contribution < -0.4 is 4.72 Å². The van der Waals surface area contributed by atoms with Crippen molar-refractivity contribution in [2.75, 3.05) is 0 Å². The van der Waals surface area contributed by atoms with Crippen molar-refractivity contribution < 1.29 is 12.8 Å². The number of rotatable bonds is 4. The van der Waals surface area contributed by atoms with Gasteiger partial charge in [0.25, 0.3) is 0 Å². The molecule has 0 fully saturated rings. The molecule has 0 aliphatic heterocycles. The largest absolute Gasteiger partial charge is 0.264 e. The van der Waals surface area contributed by atoms with Crippen molar-refractivity contribution in [3.63, 3.8) is 0 Å². The van der Waals surface area contributed by atoms with Crippen molar-refractivity contribution in [3.8, 4) is 0 Å². The molecule has 0 spiro atoms. The van der Waals surface area contributed by atoms with E-state index in [0.29, 0.717) is 10.0 Å². The normalized spacial score (nSPS) is 13.2. The van der Waals surface area contributed by atoms with Crippen LogP contribution in [0.4, 0.5) is 4.39 Å². The van der Waals surface area contributed by atoms with E-state index in [4.69, 9.17) is 0 Å². The van der Waals surface area contributed by atoms with E-state index < -0.39 is 21.9 Å². The number of pyridine rings is 1. The Kier molecular flexibility index (Phi) is 4.52. The second-order valence-corrected chi connectivity index (χ2v) is 6.80. The SMILES string of the molecule is CC(NS(=O)(=O)c1ccc(Br)cc1F)c1cccnc1. The van der Waals surface area contributed by atoms with Gasteiger partial charge in [-0.1, -0.05) is 22.0 Å². The molecule has 4 nitrogen and oxygen atoms in total. The summed E-state index contributed by atoms with van der Waals surface area (Å²) in [5.41, 5.74) is 0.702. The van der Waals surface area contributed by atoms with Gasteiger partial charge in [0.15, 0.2) is 0 Å². The Hall–Kier alpha value is -1.31. The van der Waals surface area contributed by atoms with Crippen LogP contribution in [0.1, 0.15) is 18.5 Å². The molecule has 0 saturated heterocycles. The van der Waals surface area contributed by atoms with Crippen LogP contribution in [0.15, 0.2) is 52.1 Å². The highest BCUT2D eigenvalue weighted by molar-refractivity contribution is 9.10. The molecule has 1 N–H and O–H groups in total. The molecule has 0 aliphatic carbocycles. The van der Waals surface area contributed by atoms with Crippen molar-refractivity contribution in [1.29, 1.82) is 0 Å². The van der Waals surface area contributed by atoms with E-state index in [1.807, 2.05) is 0 Å². The minimum atomic E-state index is -3.93. The van der Waals surface area contributed by atoms with Crippen molar-refractivity contribution in [2.45, 2.75) is 17.9 Å². The summed E-state index contributed by atoms with van der Waals surface area (Å²) in [5, 5.41) is 0. The van der Waals surface area contributed by atoms with Gasteiger partial charge in [0.05, 0.1) is 0 Å². The number of sulfonamides is 1. The fourth-order valence-corrected chi connectivity index (χ4v) is 3.31. The molecule has 0 aliphatic rings. The highest BCUT2D eigenvalue weighted by Crippen LogP contribution is 2.21. The molecule has 2 rings (SSSR count). The fourth-order valence-electron chi connectivity index (χ4n) is 1.69. The van der Waals surface area contributed by atoms with E-state index in [-0.39, 0.29) is 4.90 Å². The summed E-state index contributed by atoms with van der Waals surface area (Å²) in [4.78, 5) is 3.54. The second kappa shape index (κ2) is 5.99. The van der Waals surface area contributed by atoms with Crippen LogP contribution in [0.3, 0.4) is 0 Å². The Balaban J connectivity index is 2.28. The molecule has 0 radical (unpaired) electrons. The van der Waals surface area contributed by atoms with Gasteiger partial charge in [-0.05, 0) is 36.8 Å². The Labute approximate surface area is 125 Å². The summed E-state index contributed by atoms with van der Waals surface area (Å²) < 4.78 is 41.0. The molecule has 1 aromatic carbocycles. The lowest BCUT2D eigenvalue weighted by Gasteiger charge is -2.14. The van der Waals surface area contributed by atoms with Gasteiger partial charge in [0.1, 0.15) is 10.7 Å². The minimum absolute atomic E-state index is 0.378. The highest BCUT2D eigenvalue weighted by Gasteiger charge is 2.22. The Bertz CT molecular complexity index is 708. The van der Waals surface area contributed by atoms with Gasteiger partial charge in [-0.3, -0.25) is 4.98 Å². The molecule has 0 saturated carbocycles. The molecule has 20 heavy (non-hydrogen) atoms. The van der Waals surface area contributed by atoms with Gasteiger partial charge in [0, 0.05) is 22.9 Å². The van der Waals surface area contributed by atoms with Gasteiger partial charge in [0.2, 0.25) is 10.0 Å². The minimum Gasteiger partial charge on any atom is -0.264 e. The van der Waals surface area contributed by atoms with Gasteiger partial charge >= 0.3 is 0 Å². The van der Waals surface area contributed by atoms with Crippen LogP contribution in [0.2, 0.25) is 0 Å². The van der Waals surface area contributed by atoms with Crippen LogP contribution >= 0.6 is 15.9 Å². The van der Waals surface area contributed by atoms with E-state index in [0.717, 1.165) is 6.07 Å². The van der Waals surface area contributed by atoms with Gasteiger partial charge in [-0.2, -0.15) is 0 Å². The lowest BCUT2D eigenvalue weighted by atomic mass is 10.2. The van der Waals surface area contributed by atoms with E-state index in [1.54, 1.807) is 31.5 Å². The molecule has 0 bridgehead atoms.